The smallest absolute Gasteiger partial charge is 0.326 e. The van der Waals surface area contributed by atoms with Gasteiger partial charge in [0.05, 0.1) is 0 Å². The molecule has 0 fully saturated rings. The van der Waals surface area contributed by atoms with Gasteiger partial charge in [-0.05, 0) is 24.8 Å². The lowest BCUT2D eigenvalue weighted by atomic mass is 9.86. The molecule has 0 aliphatic rings. The highest BCUT2D eigenvalue weighted by atomic mass is 16.4. The number of rotatable bonds is 8. The summed E-state index contributed by atoms with van der Waals surface area (Å²) in [6, 6.07) is -0.839. The van der Waals surface area contributed by atoms with Crippen molar-refractivity contribution in [2.24, 2.45) is 11.1 Å². The molecule has 0 spiro atoms. The Morgan fingerprint density at radius 1 is 1.17 bits per heavy atom. The highest BCUT2D eigenvalue weighted by Crippen LogP contribution is 2.19. The number of carboxylic acids is 1. The number of carboxylic acid groups (broad SMARTS) is 1. The molecule has 5 nitrogen and oxygen atoms in total. The van der Waals surface area contributed by atoms with Gasteiger partial charge in [-0.2, -0.15) is 0 Å². The lowest BCUT2D eigenvalue weighted by Gasteiger charge is -2.27. The van der Waals surface area contributed by atoms with E-state index in [1.54, 1.807) is 20.8 Å². The van der Waals surface area contributed by atoms with Crippen LogP contribution in [-0.2, 0) is 9.59 Å². The van der Waals surface area contributed by atoms with Gasteiger partial charge in [0.15, 0.2) is 0 Å². The van der Waals surface area contributed by atoms with Crippen molar-refractivity contribution in [3.8, 4) is 0 Å². The van der Waals surface area contributed by atoms with E-state index in [9.17, 15) is 9.59 Å². The molecule has 0 saturated heterocycles. The molecule has 0 aliphatic carbocycles. The third-order valence-corrected chi connectivity index (χ3v) is 2.78. The fourth-order valence-electron chi connectivity index (χ4n) is 1.67. The maximum Gasteiger partial charge on any atom is 0.326 e. The van der Waals surface area contributed by atoms with E-state index in [0.717, 1.165) is 25.7 Å². The zero-order valence-corrected chi connectivity index (χ0v) is 11.7. The Labute approximate surface area is 109 Å². The molecule has 4 N–H and O–H groups in total. The number of nitrogens with one attached hydrogen (secondary N) is 1. The van der Waals surface area contributed by atoms with Gasteiger partial charge in [-0.1, -0.05) is 33.6 Å². The summed E-state index contributed by atoms with van der Waals surface area (Å²) in [5.74, 6) is -1.18. The largest absolute Gasteiger partial charge is 0.480 e. The number of carbonyl (C=O) groups is 2. The molecular formula is C13H26N2O3. The first-order valence-electron chi connectivity index (χ1n) is 6.51. The summed E-state index contributed by atoms with van der Waals surface area (Å²) in [4.78, 5) is 22.7. The van der Waals surface area contributed by atoms with E-state index < -0.39 is 17.4 Å². The predicted octanol–water partition coefficient (Wildman–Crippen LogP) is 1.51. The van der Waals surface area contributed by atoms with Gasteiger partial charge in [-0.3, -0.25) is 4.79 Å². The minimum Gasteiger partial charge on any atom is -0.480 e. The van der Waals surface area contributed by atoms with E-state index in [1.165, 1.54) is 0 Å². The first kappa shape index (κ1) is 16.9. The number of hydrogen-bond acceptors (Lipinski definition) is 3. The minimum absolute atomic E-state index is 0.190. The van der Waals surface area contributed by atoms with Crippen LogP contribution in [0.25, 0.3) is 0 Å². The number of nitrogens with two attached hydrogens (primary N) is 1. The number of amides is 1. The van der Waals surface area contributed by atoms with Crippen molar-refractivity contribution in [3.05, 3.63) is 0 Å². The van der Waals surface area contributed by atoms with E-state index in [4.69, 9.17) is 10.8 Å². The molecule has 0 saturated carbocycles. The van der Waals surface area contributed by atoms with E-state index in [-0.39, 0.29) is 5.91 Å². The van der Waals surface area contributed by atoms with Crippen molar-refractivity contribution in [3.63, 3.8) is 0 Å². The molecule has 5 heteroatoms. The van der Waals surface area contributed by atoms with Gasteiger partial charge in [0.25, 0.3) is 0 Å². The second kappa shape index (κ2) is 8.08. The summed E-state index contributed by atoms with van der Waals surface area (Å²) in [5.41, 5.74) is 4.89. The fourth-order valence-corrected chi connectivity index (χ4v) is 1.67. The molecule has 0 aliphatic heterocycles. The molecule has 106 valence electrons. The highest BCUT2D eigenvalue weighted by molar-refractivity contribution is 5.84. The van der Waals surface area contributed by atoms with E-state index >= 15 is 0 Å². The van der Waals surface area contributed by atoms with Gasteiger partial charge in [0, 0.05) is 6.42 Å². The van der Waals surface area contributed by atoms with Crippen LogP contribution in [0.15, 0.2) is 0 Å². The highest BCUT2D eigenvalue weighted by Gasteiger charge is 2.32. The van der Waals surface area contributed by atoms with Crippen molar-refractivity contribution >= 4 is 11.9 Å². The maximum absolute atomic E-state index is 11.6. The lowest BCUT2D eigenvalue weighted by molar-refractivity contribution is -0.144. The average Bonchev–Trinajstić information content (AvgIpc) is 2.23. The van der Waals surface area contributed by atoms with Gasteiger partial charge in [-0.15, -0.1) is 0 Å². The van der Waals surface area contributed by atoms with Crippen molar-refractivity contribution in [2.75, 3.05) is 6.54 Å². The van der Waals surface area contributed by atoms with Crippen LogP contribution in [0, 0.1) is 5.41 Å². The van der Waals surface area contributed by atoms with Crippen LogP contribution < -0.4 is 11.1 Å². The summed E-state index contributed by atoms with van der Waals surface area (Å²) >= 11 is 0. The van der Waals surface area contributed by atoms with Gasteiger partial charge in [-0.25, -0.2) is 4.79 Å². The maximum atomic E-state index is 11.6. The van der Waals surface area contributed by atoms with Gasteiger partial charge in [0.1, 0.15) is 6.04 Å². The van der Waals surface area contributed by atoms with Crippen LogP contribution in [-0.4, -0.2) is 29.6 Å². The predicted molar refractivity (Wildman–Crippen MR) is 71.2 cm³/mol. The molecule has 0 unspecified atom stereocenters. The molecule has 0 aromatic carbocycles. The minimum atomic E-state index is -0.987. The Bertz CT molecular complexity index is 272. The first-order valence-corrected chi connectivity index (χ1v) is 6.51. The molecule has 1 amide bonds. The van der Waals surface area contributed by atoms with Gasteiger partial charge >= 0.3 is 5.97 Å². The molecule has 0 aromatic rings. The number of unbranched alkanes of at least 4 members (excludes halogenated alkanes) is 3. The Morgan fingerprint density at radius 2 is 1.72 bits per heavy atom. The van der Waals surface area contributed by atoms with Crippen LogP contribution in [0.5, 0.6) is 0 Å². The van der Waals surface area contributed by atoms with Crippen molar-refractivity contribution in [1.82, 2.24) is 5.32 Å². The third kappa shape index (κ3) is 7.27. The van der Waals surface area contributed by atoms with Crippen LogP contribution in [0.1, 0.15) is 52.9 Å². The molecule has 0 rings (SSSR count). The zero-order valence-electron chi connectivity index (χ0n) is 11.7. The summed E-state index contributed by atoms with van der Waals surface area (Å²) in [5, 5.41) is 11.7. The number of hydrogen-bond donors (Lipinski definition) is 3. The lowest BCUT2D eigenvalue weighted by Crippen LogP contribution is -2.49. The van der Waals surface area contributed by atoms with E-state index in [2.05, 4.69) is 5.32 Å². The molecular weight excluding hydrogens is 232 g/mol. The van der Waals surface area contributed by atoms with Crippen molar-refractivity contribution in [1.29, 1.82) is 0 Å². The summed E-state index contributed by atoms with van der Waals surface area (Å²) in [7, 11) is 0. The Hall–Kier alpha value is -1.10. The summed E-state index contributed by atoms with van der Waals surface area (Å²) in [6.07, 6.45) is 4.11. The van der Waals surface area contributed by atoms with E-state index in [1.807, 2.05) is 0 Å². The Morgan fingerprint density at radius 3 is 2.17 bits per heavy atom. The second-order valence-corrected chi connectivity index (χ2v) is 5.66. The topological polar surface area (TPSA) is 92.4 Å². The Kier molecular flexibility index (Phi) is 7.59. The third-order valence-electron chi connectivity index (χ3n) is 2.78. The number of carbonyl (C=O) groups excluding carboxylic acids is 1. The van der Waals surface area contributed by atoms with Crippen molar-refractivity contribution in [2.45, 2.75) is 58.9 Å². The fraction of sp³-hybridized carbons (Fsp3) is 0.846. The molecule has 0 aromatic heterocycles. The average molecular weight is 258 g/mol. The first-order chi connectivity index (χ1) is 8.29. The molecule has 1 atom stereocenters. The monoisotopic (exact) mass is 258 g/mol. The van der Waals surface area contributed by atoms with Crippen LogP contribution in [0.3, 0.4) is 0 Å². The molecule has 0 radical (unpaired) electrons. The van der Waals surface area contributed by atoms with Crippen LogP contribution in [0.2, 0.25) is 0 Å². The quantitative estimate of drug-likeness (QED) is 0.575. The standard InChI is InChI=1S/C13H26N2O3/c1-13(2,3)11(12(17)18)15-10(16)8-6-4-5-7-9-14/h11H,4-9,14H2,1-3H3,(H,15,16)(H,17,18)/t11-/m0/s1. The van der Waals surface area contributed by atoms with Crippen LogP contribution in [0.4, 0.5) is 0 Å². The molecule has 18 heavy (non-hydrogen) atoms. The van der Waals surface area contributed by atoms with Crippen molar-refractivity contribution < 1.29 is 14.7 Å². The SMILES string of the molecule is CC(C)(C)[C@@H](NC(=O)CCCCCCN)C(=O)O. The zero-order chi connectivity index (χ0) is 14.2. The van der Waals surface area contributed by atoms with Gasteiger partial charge in [0.2, 0.25) is 5.91 Å². The summed E-state index contributed by atoms with van der Waals surface area (Å²) in [6.45, 7) is 6.07. The van der Waals surface area contributed by atoms with Crippen LogP contribution >= 0.6 is 0 Å². The normalized spacial score (nSPS) is 13.1. The molecule has 0 heterocycles. The van der Waals surface area contributed by atoms with Gasteiger partial charge < -0.3 is 16.2 Å². The molecule has 0 bridgehead atoms. The number of aliphatic carboxylic acids is 1. The van der Waals surface area contributed by atoms with E-state index in [0.29, 0.717) is 13.0 Å². The Balaban J connectivity index is 4.01. The summed E-state index contributed by atoms with van der Waals surface area (Å²) < 4.78 is 0. The second-order valence-electron chi connectivity index (χ2n) is 5.66.